The number of rotatable bonds is 6. The molecule has 7 nitrogen and oxygen atoms in total. The van der Waals surface area contributed by atoms with Gasteiger partial charge in [0.15, 0.2) is 0 Å². The van der Waals surface area contributed by atoms with Crippen LogP contribution in [0.1, 0.15) is 12.5 Å². The van der Waals surface area contributed by atoms with Gasteiger partial charge in [-0.3, -0.25) is 19.7 Å². The lowest BCUT2D eigenvalue weighted by Crippen LogP contribution is -2.34. The Morgan fingerprint density at radius 1 is 1.35 bits per heavy atom. The molecule has 0 heterocycles. The fourth-order valence-corrected chi connectivity index (χ4v) is 1.62. The van der Waals surface area contributed by atoms with E-state index in [-0.39, 0.29) is 31.2 Å². The summed E-state index contributed by atoms with van der Waals surface area (Å²) >= 11 is 0. The van der Waals surface area contributed by atoms with E-state index >= 15 is 0 Å². The van der Waals surface area contributed by atoms with Crippen molar-refractivity contribution in [2.24, 2.45) is 0 Å². The van der Waals surface area contributed by atoms with Gasteiger partial charge in [-0.05, 0) is 6.92 Å². The molecule has 1 amide bonds. The summed E-state index contributed by atoms with van der Waals surface area (Å²) in [7, 11) is 1.45. The van der Waals surface area contributed by atoms with E-state index in [1.54, 1.807) is 13.0 Å². The highest BCUT2D eigenvalue weighted by atomic mass is 16.6. The van der Waals surface area contributed by atoms with Gasteiger partial charge >= 0.3 is 5.97 Å². The highest BCUT2D eigenvalue weighted by molar-refractivity contribution is 5.84. The number of esters is 1. The molecule has 0 aliphatic carbocycles. The van der Waals surface area contributed by atoms with Crippen molar-refractivity contribution in [1.29, 1.82) is 0 Å². The van der Waals surface area contributed by atoms with Crippen molar-refractivity contribution in [2.75, 3.05) is 20.2 Å². The lowest BCUT2D eigenvalue weighted by molar-refractivity contribution is -0.385. The van der Waals surface area contributed by atoms with Crippen LogP contribution in [0.15, 0.2) is 24.3 Å². The molecule has 0 spiro atoms. The zero-order valence-electron chi connectivity index (χ0n) is 11.4. The normalized spacial score (nSPS) is 9.90. The first-order chi connectivity index (χ1) is 9.45. The van der Waals surface area contributed by atoms with Crippen LogP contribution in [0, 0.1) is 10.1 Å². The van der Waals surface area contributed by atoms with E-state index in [2.05, 4.69) is 0 Å². The Morgan fingerprint density at radius 2 is 2.00 bits per heavy atom. The summed E-state index contributed by atoms with van der Waals surface area (Å²) in [4.78, 5) is 34.7. The van der Waals surface area contributed by atoms with Crippen molar-refractivity contribution in [2.45, 2.75) is 13.3 Å². The van der Waals surface area contributed by atoms with Gasteiger partial charge in [0.05, 0.1) is 18.0 Å². The van der Waals surface area contributed by atoms with E-state index in [9.17, 15) is 19.7 Å². The molecule has 0 atom stereocenters. The van der Waals surface area contributed by atoms with E-state index in [0.717, 1.165) is 0 Å². The Kier molecular flexibility index (Phi) is 5.64. The predicted octanol–water partition coefficient (Wildman–Crippen LogP) is 1.16. The SMILES string of the molecule is CCOC(=O)CN(C)C(=O)Cc1ccccc1[N+](=O)[O-]. The summed E-state index contributed by atoms with van der Waals surface area (Å²) in [5, 5.41) is 10.8. The molecule has 0 aliphatic rings. The zero-order chi connectivity index (χ0) is 15.1. The van der Waals surface area contributed by atoms with Crippen LogP contribution in [0.25, 0.3) is 0 Å². The maximum atomic E-state index is 11.9. The smallest absolute Gasteiger partial charge is 0.325 e. The largest absolute Gasteiger partial charge is 0.465 e. The Bertz CT molecular complexity index is 515. The highest BCUT2D eigenvalue weighted by Gasteiger charge is 2.19. The first-order valence-corrected chi connectivity index (χ1v) is 6.07. The average Bonchev–Trinajstić information content (AvgIpc) is 2.39. The monoisotopic (exact) mass is 280 g/mol. The maximum absolute atomic E-state index is 11.9. The Hall–Kier alpha value is -2.44. The number of nitrogens with zero attached hydrogens (tertiary/aromatic N) is 2. The lowest BCUT2D eigenvalue weighted by atomic mass is 10.1. The van der Waals surface area contributed by atoms with Crippen molar-refractivity contribution < 1.29 is 19.2 Å². The second kappa shape index (κ2) is 7.22. The van der Waals surface area contributed by atoms with Crippen molar-refractivity contribution in [3.63, 3.8) is 0 Å². The Balaban J connectivity index is 2.71. The van der Waals surface area contributed by atoms with E-state index in [1.165, 1.54) is 30.1 Å². The lowest BCUT2D eigenvalue weighted by Gasteiger charge is -2.16. The summed E-state index contributed by atoms with van der Waals surface area (Å²) < 4.78 is 4.73. The van der Waals surface area contributed by atoms with Gasteiger partial charge in [0.25, 0.3) is 5.69 Å². The van der Waals surface area contributed by atoms with Gasteiger partial charge in [0.2, 0.25) is 5.91 Å². The second-order valence-corrected chi connectivity index (χ2v) is 4.12. The van der Waals surface area contributed by atoms with Crippen LogP contribution in [-0.2, 0) is 20.7 Å². The van der Waals surface area contributed by atoms with Gasteiger partial charge in [0, 0.05) is 18.7 Å². The van der Waals surface area contributed by atoms with Crippen LogP contribution >= 0.6 is 0 Å². The minimum Gasteiger partial charge on any atom is -0.465 e. The van der Waals surface area contributed by atoms with Crippen molar-refractivity contribution in [3.8, 4) is 0 Å². The summed E-state index contributed by atoms with van der Waals surface area (Å²) in [6.45, 7) is 1.74. The van der Waals surface area contributed by atoms with Crippen molar-refractivity contribution in [3.05, 3.63) is 39.9 Å². The van der Waals surface area contributed by atoms with Gasteiger partial charge < -0.3 is 9.64 Å². The van der Waals surface area contributed by atoms with Crippen LogP contribution in [0.5, 0.6) is 0 Å². The summed E-state index contributed by atoms with van der Waals surface area (Å²) in [6.07, 6.45) is -0.132. The third-order valence-electron chi connectivity index (χ3n) is 2.63. The Morgan fingerprint density at radius 3 is 2.60 bits per heavy atom. The number of nitro groups is 1. The quantitative estimate of drug-likeness (QED) is 0.443. The van der Waals surface area contributed by atoms with Crippen LogP contribution in [0.2, 0.25) is 0 Å². The third-order valence-corrected chi connectivity index (χ3v) is 2.63. The van der Waals surface area contributed by atoms with Crippen LogP contribution in [0.3, 0.4) is 0 Å². The van der Waals surface area contributed by atoms with E-state index in [4.69, 9.17) is 4.74 Å². The molecule has 1 rings (SSSR count). The molecule has 7 heteroatoms. The predicted molar refractivity (Wildman–Crippen MR) is 71.1 cm³/mol. The standard InChI is InChI=1S/C13H16N2O5/c1-3-20-13(17)9-14(2)12(16)8-10-6-4-5-7-11(10)15(18)19/h4-7H,3,8-9H2,1-2H3. The number of benzene rings is 1. The van der Waals surface area contributed by atoms with Gasteiger partial charge in [-0.2, -0.15) is 0 Å². The molecule has 0 N–H and O–H groups in total. The molecule has 20 heavy (non-hydrogen) atoms. The van der Waals surface area contributed by atoms with Crippen LogP contribution in [-0.4, -0.2) is 41.9 Å². The molecule has 108 valence electrons. The number of likely N-dealkylation sites (N-methyl/N-ethyl adjacent to an activating group) is 1. The van der Waals surface area contributed by atoms with Crippen molar-refractivity contribution in [1.82, 2.24) is 4.90 Å². The minimum absolute atomic E-state index is 0.106. The average molecular weight is 280 g/mol. The molecule has 1 aromatic carbocycles. The minimum atomic E-state index is -0.534. The van der Waals surface area contributed by atoms with Gasteiger partial charge in [-0.25, -0.2) is 0 Å². The number of hydrogen-bond donors (Lipinski definition) is 0. The fourth-order valence-electron chi connectivity index (χ4n) is 1.62. The topological polar surface area (TPSA) is 89.8 Å². The zero-order valence-corrected chi connectivity index (χ0v) is 11.4. The maximum Gasteiger partial charge on any atom is 0.325 e. The molecule has 0 saturated carbocycles. The van der Waals surface area contributed by atoms with E-state index < -0.39 is 10.9 Å². The first kappa shape index (κ1) is 15.6. The molecule has 0 fully saturated rings. The molecule has 0 saturated heterocycles. The summed E-state index contributed by atoms with van der Waals surface area (Å²) in [5.74, 6) is -0.890. The molecule has 0 aromatic heterocycles. The second-order valence-electron chi connectivity index (χ2n) is 4.12. The molecular weight excluding hydrogens is 264 g/mol. The van der Waals surface area contributed by atoms with E-state index in [0.29, 0.717) is 5.56 Å². The number of nitro benzene ring substituents is 1. The molecule has 1 aromatic rings. The third kappa shape index (κ3) is 4.34. The number of ether oxygens (including phenoxy) is 1. The fraction of sp³-hybridized carbons (Fsp3) is 0.385. The summed E-state index contributed by atoms with van der Waals surface area (Å²) in [6, 6.07) is 6.03. The molecule has 0 aliphatic heterocycles. The number of carbonyl (C=O) groups is 2. The number of amides is 1. The van der Waals surface area contributed by atoms with Crippen molar-refractivity contribution >= 4 is 17.6 Å². The molecular formula is C13H16N2O5. The van der Waals surface area contributed by atoms with Crippen LogP contribution < -0.4 is 0 Å². The van der Waals surface area contributed by atoms with Crippen LogP contribution in [0.4, 0.5) is 5.69 Å². The first-order valence-electron chi connectivity index (χ1n) is 6.07. The van der Waals surface area contributed by atoms with Gasteiger partial charge in [-0.15, -0.1) is 0 Å². The van der Waals surface area contributed by atoms with Gasteiger partial charge in [0.1, 0.15) is 6.54 Å². The summed E-state index contributed by atoms with van der Waals surface area (Å²) in [5.41, 5.74) is 0.212. The number of hydrogen-bond acceptors (Lipinski definition) is 5. The molecule has 0 bridgehead atoms. The Labute approximate surface area is 116 Å². The molecule has 0 radical (unpaired) electrons. The number of carbonyl (C=O) groups excluding carboxylic acids is 2. The molecule has 0 unspecified atom stereocenters. The highest BCUT2D eigenvalue weighted by Crippen LogP contribution is 2.18. The van der Waals surface area contributed by atoms with Gasteiger partial charge in [-0.1, -0.05) is 18.2 Å². The number of para-hydroxylation sites is 1. The van der Waals surface area contributed by atoms with E-state index in [1.807, 2.05) is 0 Å².